The summed E-state index contributed by atoms with van der Waals surface area (Å²) in [5, 5.41) is 9.81. The molecule has 0 unspecified atom stereocenters. The first-order chi connectivity index (χ1) is 8.10. The van der Waals surface area contributed by atoms with Gasteiger partial charge in [0, 0.05) is 23.5 Å². The number of nitrogens with one attached hydrogen (secondary N) is 3. The van der Waals surface area contributed by atoms with Crippen LogP contribution in [0.3, 0.4) is 0 Å². The molecule has 0 radical (unpaired) electrons. The van der Waals surface area contributed by atoms with Crippen molar-refractivity contribution in [2.75, 3.05) is 12.4 Å². The zero-order valence-electron chi connectivity index (χ0n) is 9.39. The monoisotopic (exact) mass is 241 g/mol. The second-order valence-corrected chi connectivity index (χ2v) is 3.21. The third kappa shape index (κ3) is 2.17. The normalized spacial score (nSPS) is 9.82. The number of H-pyrrole nitrogens is 1. The zero-order chi connectivity index (χ0) is 13.0. The van der Waals surface area contributed by atoms with Gasteiger partial charge in [-0.25, -0.2) is 9.74 Å². The van der Waals surface area contributed by atoms with Crippen molar-refractivity contribution in [3.63, 3.8) is 0 Å². The van der Waals surface area contributed by atoms with Gasteiger partial charge in [0.05, 0.1) is 5.56 Å². The molecule has 0 fully saturated rings. The van der Waals surface area contributed by atoms with Gasteiger partial charge in [-0.05, 0) is 6.42 Å². The van der Waals surface area contributed by atoms with E-state index in [1.165, 1.54) is 0 Å². The SMILES string of the molecule is CCc1[nH]c(NC)c(C=N)c(=O)c1C(=O)OF. The molecule has 0 bridgehead atoms. The first-order valence-electron chi connectivity index (χ1n) is 4.90. The van der Waals surface area contributed by atoms with Gasteiger partial charge in [0.15, 0.2) is 0 Å². The van der Waals surface area contributed by atoms with Gasteiger partial charge in [0.2, 0.25) is 5.43 Å². The van der Waals surface area contributed by atoms with Crippen LogP contribution in [0.2, 0.25) is 0 Å². The van der Waals surface area contributed by atoms with Crippen LogP contribution in [0.5, 0.6) is 0 Å². The minimum Gasteiger partial charge on any atom is -0.374 e. The maximum Gasteiger partial charge on any atom is 0.385 e. The Hall–Kier alpha value is -2.18. The summed E-state index contributed by atoms with van der Waals surface area (Å²) in [4.78, 5) is 28.9. The second-order valence-electron chi connectivity index (χ2n) is 3.21. The summed E-state index contributed by atoms with van der Waals surface area (Å²) >= 11 is 0. The van der Waals surface area contributed by atoms with Crippen LogP contribution in [-0.4, -0.2) is 24.2 Å². The van der Waals surface area contributed by atoms with E-state index in [9.17, 15) is 14.1 Å². The molecule has 1 rings (SSSR count). The Balaban J connectivity index is 3.64. The molecule has 17 heavy (non-hydrogen) atoms. The molecule has 0 amide bonds. The summed E-state index contributed by atoms with van der Waals surface area (Å²) in [7, 11) is 1.56. The molecule has 0 atom stereocenters. The fourth-order valence-electron chi connectivity index (χ4n) is 1.52. The summed E-state index contributed by atoms with van der Waals surface area (Å²) in [6.07, 6.45) is 1.12. The lowest BCUT2D eigenvalue weighted by Crippen LogP contribution is -2.24. The largest absolute Gasteiger partial charge is 0.385 e. The van der Waals surface area contributed by atoms with Crippen LogP contribution in [0.25, 0.3) is 0 Å². The smallest absolute Gasteiger partial charge is 0.374 e. The van der Waals surface area contributed by atoms with Crippen LogP contribution in [0.1, 0.15) is 28.5 Å². The molecule has 92 valence electrons. The lowest BCUT2D eigenvalue weighted by atomic mass is 10.1. The number of carbonyl (C=O) groups is 1. The fourth-order valence-corrected chi connectivity index (χ4v) is 1.52. The van der Waals surface area contributed by atoms with E-state index in [0.29, 0.717) is 12.2 Å². The van der Waals surface area contributed by atoms with E-state index in [4.69, 9.17) is 5.41 Å². The Morgan fingerprint density at radius 1 is 1.65 bits per heavy atom. The molecule has 1 aromatic heterocycles. The molecule has 0 aliphatic carbocycles. The highest BCUT2D eigenvalue weighted by Crippen LogP contribution is 2.12. The van der Waals surface area contributed by atoms with Crippen molar-refractivity contribution in [1.82, 2.24) is 4.98 Å². The first kappa shape index (κ1) is 12.9. The Kier molecular flexibility index (Phi) is 3.97. The predicted octanol–water partition coefficient (Wildman–Crippen LogP) is 1.02. The Labute approximate surface area is 96.2 Å². The number of aromatic nitrogens is 1. The number of aromatic amines is 1. The highest BCUT2D eigenvalue weighted by Gasteiger charge is 2.22. The van der Waals surface area contributed by atoms with Gasteiger partial charge in [-0.15, -0.1) is 0 Å². The van der Waals surface area contributed by atoms with Gasteiger partial charge in [-0.3, -0.25) is 4.79 Å². The number of pyridine rings is 1. The van der Waals surface area contributed by atoms with Crippen molar-refractivity contribution in [1.29, 1.82) is 5.41 Å². The van der Waals surface area contributed by atoms with Crippen LogP contribution in [-0.2, 0) is 11.4 Å². The lowest BCUT2D eigenvalue weighted by Gasteiger charge is -2.10. The maximum atomic E-state index is 11.9. The van der Waals surface area contributed by atoms with Gasteiger partial charge in [-0.2, -0.15) is 0 Å². The number of halogens is 1. The summed E-state index contributed by atoms with van der Waals surface area (Å²) in [5.74, 6) is -1.05. The van der Waals surface area contributed by atoms with Crippen molar-refractivity contribution < 1.29 is 14.3 Å². The number of hydrogen-bond acceptors (Lipinski definition) is 5. The summed E-state index contributed by atoms with van der Waals surface area (Å²) < 4.78 is 11.9. The number of hydrogen-bond donors (Lipinski definition) is 3. The molecule has 1 heterocycles. The summed E-state index contributed by atoms with van der Waals surface area (Å²) in [6.45, 7) is 1.70. The van der Waals surface area contributed by atoms with E-state index < -0.39 is 17.0 Å². The average Bonchev–Trinajstić information content (AvgIpc) is 2.36. The third-order valence-electron chi connectivity index (χ3n) is 2.34. The summed E-state index contributed by atoms with van der Waals surface area (Å²) in [6, 6.07) is 0. The number of aryl methyl sites for hydroxylation is 1. The van der Waals surface area contributed by atoms with E-state index in [1.807, 2.05) is 0 Å². The molecule has 0 aliphatic rings. The standard InChI is InChI=1S/C10H12FN3O3/c1-3-6-7(10(16)17-11)8(15)5(4-12)9(13-2)14-6/h4,12H,3H2,1-2H3,(H2,13,14,15). The first-order valence-corrected chi connectivity index (χ1v) is 4.90. The third-order valence-corrected chi connectivity index (χ3v) is 2.34. The van der Waals surface area contributed by atoms with Crippen molar-refractivity contribution in [2.45, 2.75) is 13.3 Å². The van der Waals surface area contributed by atoms with Gasteiger partial charge >= 0.3 is 5.97 Å². The topological polar surface area (TPSA) is 95.0 Å². The van der Waals surface area contributed by atoms with Crippen LogP contribution in [0.15, 0.2) is 4.79 Å². The van der Waals surface area contributed by atoms with E-state index in [2.05, 4.69) is 15.2 Å². The number of carbonyl (C=O) groups excluding carboxylic acids is 1. The fraction of sp³-hybridized carbons (Fsp3) is 0.300. The lowest BCUT2D eigenvalue weighted by molar-refractivity contribution is -0.0790. The molecule has 0 aliphatic heterocycles. The van der Waals surface area contributed by atoms with Crippen molar-refractivity contribution >= 4 is 18.0 Å². The van der Waals surface area contributed by atoms with Crippen LogP contribution in [0, 0.1) is 5.41 Å². The quantitative estimate of drug-likeness (QED) is 0.686. The Morgan fingerprint density at radius 3 is 2.71 bits per heavy atom. The molecule has 0 saturated carbocycles. The van der Waals surface area contributed by atoms with Crippen LogP contribution < -0.4 is 10.7 Å². The van der Waals surface area contributed by atoms with Gasteiger partial charge in [0.25, 0.3) is 0 Å². The van der Waals surface area contributed by atoms with E-state index in [1.54, 1.807) is 14.0 Å². The maximum absolute atomic E-state index is 11.9. The van der Waals surface area contributed by atoms with E-state index in [0.717, 1.165) is 6.21 Å². The molecule has 1 aromatic rings. The molecule has 0 saturated heterocycles. The number of rotatable bonds is 4. The summed E-state index contributed by atoms with van der Waals surface area (Å²) in [5.41, 5.74) is -0.937. The second kappa shape index (κ2) is 5.24. The van der Waals surface area contributed by atoms with Crippen LogP contribution in [0.4, 0.5) is 10.3 Å². The highest BCUT2D eigenvalue weighted by molar-refractivity contribution is 5.94. The molecule has 0 spiro atoms. The molecule has 3 N–H and O–H groups in total. The van der Waals surface area contributed by atoms with Crippen molar-refractivity contribution in [3.8, 4) is 0 Å². The van der Waals surface area contributed by atoms with Gasteiger partial charge in [-0.1, -0.05) is 6.92 Å². The molecule has 0 aromatic carbocycles. The molecular weight excluding hydrogens is 229 g/mol. The van der Waals surface area contributed by atoms with Crippen molar-refractivity contribution in [3.05, 3.63) is 27.0 Å². The highest BCUT2D eigenvalue weighted by atomic mass is 19.3. The molecular formula is C10H12FN3O3. The minimum atomic E-state index is -1.35. The van der Waals surface area contributed by atoms with E-state index in [-0.39, 0.29) is 11.3 Å². The van der Waals surface area contributed by atoms with Gasteiger partial charge < -0.3 is 15.7 Å². The Bertz CT molecular complexity index is 510. The zero-order valence-corrected chi connectivity index (χ0v) is 9.39. The molecule has 7 heteroatoms. The molecule has 6 nitrogen and oxygen atoms in total. The minimum absolute atomic E-state index is 0.0508. The van der Waals surface area contributed by atoms with E-state index >= 15 is 0 Å². The average molecular weight is 241 g/mol. The van der Waals surface area contributed by atoms with Crippen molar-refractivity contribution in [2.24, 2.45) is 0 Å². The Morgan fingerprint density at radius 2 is 2.29 bits per heavy atom. The predicted molar refractivity (Wildman–Crippen MR) is 60.4 cm³/mol. The number of anilines is 1. The van der Waals surface area contributed by atoms with Gasteiger partial charge in [0.1, 0.15) is 11.4 Å². The van der Waals surface area contributed by atoms with Crippen LogP contribution >= 0.6 is 0 Å².